The summed E-state index contributed by atoms with van der Waals surface area (Å²) in [6.07, 6.45) is 1.47. The molecule has 0 bridgehead atoms. The predicted molar refractivity (Wildman–Crippen MR) is 115 cm³/mol. The number of benzene rings is 2. The van der Waals surface area contributed by atoms with Crippen LogP contribution in [0.5, 0.6) is 5.88 Å². The second kappa shape index (κ2) is 6.92. The average Bonchev–Trinajstić information content (AvgIpc) is 3.18. The van der Waals surface area contributed by atoms with E-state index >= 15 is 0 Å². The van der Waals surface area contributed by atoms with Gasteiger partial charge in [0, 0.05) is 11.1 Å². The number of nitrogens with one attached hydrogen (secondary N) is 1. The fraction of sp³-hybridized carbons (Fsp3) is 0.208. The van der Waals surface area contributed by atoms with Gasteiger partial charge in [-0.25, -0.2) is 19.4 Å². The maximum absolute atomic E-state index is 12.3. The highest BCUT2D eigenvalue weighted by Crippen LogP contribution is 2.40. The van der Waals surface area contributed by atoms with Crippen molar-refractivity contribution in [2.75, 3.05) is 0 Å². The molecule has 0 radical (unpaired) electrons. The van der Waals surface area contributed by atoms with Crippen molar-refractivity contribution in [2.45, 2.75) is 31.5 Å². The molecule has 1 saturated carbocycles. The van der Waals surface area contributed by atoms with Crippen molar-refractivity contribution >= 4 is 0 Å². The van der Waals surface area contributed by atoms with E-state index in [-0.39, 0.29) is 18.4 Å². The first-order chi connectivity index (χ1) is 15.2. The molecule has 4 aromatic rings. The monoisotopic (exact) mass is 412 g/mol. The molecule has 31 heavy (non-hydrogen) atoms. The number of aliphatic hydroxyl groups excluding tert-OH is 1. The van der Waals surface area contributed by atoms with Crippen molar-refractivity contribution < 1.29 is 9.84 Å². The van der Waals surface area contributed by atoms with E-state index in [2.05, 4.69) is 34.5 Å². The smallest absolute Gasteiger partial charge is 0.348 e. The molecule has 2 aliphatic rings. The van der Waals surface area contributed by atoms with Crippen molar-refractivity contribution in [3.8, 4) is 34.0 Å². The minimum atomic E-state index is -0.305. The number of rotatable bonds is 3. The van der Waals surface area contributed by atoms with Gasteiger partial charge in [-0.1, -0.05) is 54.6 Å². The van der Waals surface area contributed by atoms with Crippen LogP contribution in [0, 0.1) is 0 Å². The number of hydrogen-bond acceptors (Lipinski definition) is 5. The molecule has 1 aliphatic heterocycles. The van der Waals surface area contributed by atoms with Crippen LogP contribution in [0.15, 0.2) is 65.5 Å². The summed E-state index contributed by atoms with van der Waals surface area (Å²) in [4.78, 5) is 17.2. The molecule has 2 aromatic heterocycles. The van der Waals surface area contributed by atoms with Crippen molar-refractivity contribution in [1.29, 1.82) is 0 Å². The van der Waals surface area contributed by atoms with E-state index < -0.39 is 0 Å². The Labute approximate surface area is 178 Å². The Hall–Kier alpha value is -3.71. The molecular weight excluding hydrogens is 392 g/mol. The summed E-state index contributed by atoms with van der Waals surface area (Å²) in [6, 6.07) is 20.3. The Morgan fingerprint density at radius 3 is 2.55 bits per heavy atom. The molecule has 7 nitrogen and oxygen atoms in total. The van der Waals surface area contributed by atoms with Gasteiger partial charge in [-0.05, 0) is 36.0 Å². The lowest BCUT2D eigenvalue weighted by Gasteiger charge is -2.31. The lowest BCUT2D eigenvalue weighted by molar-refractivity contribution is 0.0746. The highest BCUT2D eigenvalue weighted by Gasteiger charge is 2.29. The van der Waals surface area contributed by atoms with Gasteiger partial charge in [0.2, 0.25) is 5.88 Å². The summed E-state index contributed by atoms with van der Waals surface area (Å²) >= 11 is 0. The normalized spacial score (nSPS) is 19.1. The van der Waals surface area contributed by atoms with Gasteiger partial charge in [0.15, 0.2) is 12.4 Å². The van der Waals surface area contributed by atoms with Gasteiger partial charge < -0.3 is 9.84 Å². The van der Waals surface area contributed by atoms with E-state index in [0.717, 1.165) is 35.2 Å². The molecule has 154 valence electrons. The third kappa shape index (κ3) is 2.97. The van der Waals surface area contributed by atoms with E-state index in [1.54, 1.807) is 0 Å². The first kappa shape index (κ1) is 18.1. The Bertz CT molecular complexity index is 1320. The molecular formula is C24H20N4O3. The number of aromatic nitrogens is 4. The SMILES string of the molecule is O=c1[nH]nc2n1-c1cc(-c3ccccc3)c(-c3ccc(C4CC(O)C4)cc3)nc1OC2. The third-order valence-corrected chi connectivity index (χ3v) is 6.14. The molecule has 0 amide bonds. The zero-order valence-electron chi connectivity index (χ0n) is 16.7. The van der Waals surface area contributed by atoms with Gasteiger partial charge in [0.25, 0.3) is 0 Å². The Morgan fingerprint density at radius 2 is 1.81 bits per heavy atom. The van der Waals surface area contributed by atoms with Crippen LogP contribution in [-0.2, 0) is 6.61 Å². The summed E-state index contributed by atoms with van der Waals surface area (Å²) in [6.45, 7) is 0.186. The number of hydrogen-bond donors (Lipinski definition) is 2. The summed E-state index contributed by atoms with van der Waals surface area (Å²) < 4.78 is 7.36. The van der Waals surface area contributed by atoms with Crippen molar-refractivity contribution in [3.63, 3.8) is 0 Å². The van der Waals surface area contributed by atoms with Crippen LogP contribution >= 0.6 is 0 Å². The number of pyridine rings is 1. The number of ether oxygens (including phenoxy) is 1. The fourth-order valence-electron chi connectivity index (χ4n) is 4.39. The maximum atomic E-state index is 12.3. The van der Waals surface area contributed by atoms with Crippen LogP contribution in [0.4, 0.5) is 0 Å². The van der Waals surface area contributed by atoms with E-state index in [9.17, 15) is 9.90 Å². The quantitative estimate of drug-likeness (QED) is 0.538. The minimum absolute atomic E-state index is 0.176. The highest BCUT2D eigenvalue weighted by atomic mass is 16.5. The fourth-order valence-corrected chi connectivity index (χ4v) is 4.39. The lowest BCUT2D eigenvalue weighted by atomic mass is 9.77. The number of H-pyrrole nitrogens is 1. The topological polar surface area (TPSA) is 93.0 Å². The second-order valence-corrected chi connectivity index (χ2v) is 8.09. The standard InChI is InChI=1S/C24H20N4O3/c29-18-10-17(11-18)14-6-8-16(9-7-14)22-19(15-4-2-1-3-5-15)12-20-23(25-22)31-13-21-26-27-24(30)28(20)21/h1-9,12,17-18,29H,10-11,13H2,(H,27,30). The number of aliphatic hydroxyl groups is 1. The highest BCUT2D eigenvalue weighted by molar-refractivity contribution is 5.83. The van der Waals surface area contributed by atoms with Crippen molar-refractivity contribution in [1.82, 2.24) is 19.7 Å². The van der Waals surface area contributed by atoms with Gasteiger partial charge >= 0.3 is 5.69 Å². The summed E-state index contributed by atoms with van der Waals surface area (Å²) in [5, 5.41) is 16.1. The van der Waals surface area contributed by atoms with Crippen molar-refractivity contribution in [2.24, 2.45) is 0 Å². The Balaban J connectivity index is 1.50. The first-order valence-corrected chi connectivity index (χ1v) is 10.4. The summed E-state index contributed by atoms with van der Waals surface area (Å²) in [5.74, 6) is 1.36. The minimum Gasteiger partial charge on any atom is -0.468 e. The van der Waals surface area contributed by atoms with E-state index in [4.69, 9.17) is 9.72 Å². The molecule has 0 spiro atoms. The molecule has 6 rings (SSSR count). The molecule has 2 aromatic carbocycles. The van der Waals surface area contributed by atoms with Crippen LogP contribution in [0.25, 0.3) is 28.1 Å². The maximum Gasteiger partial charge on any atom is 0.348 e. The third-order valence-electron chi connectivity index (χ3n) is 6.14. The lowest BCUT2D eigenvalue weighted by Crippen LogP contribution is -2.26. The van der Waals surface area contributed by atoms with Gasteiger partial charge in [0.05, 0.1) is 11.8 Å². The molecule has 0 atom stereocenters. The van der Waals surface area contributed by atoms with Gasteiger partial charge in [-0.2, -0.15) is 5.10 Å². The molecule has 1 fully saturated rings. The van der Waals surface area contributed by atoms with Gasteiger partial charge in [0.1, 0.15) is 5.69 Å². The van der Waals surface area contributed by atoms with Gasteiger partial charge in [-0.3, -0.25) is 0 Å². The largest absolute Gasteiger partial charge is 0.468 e. The van der Waals surface area contributed by atoms with Crippen LogP contribution in [-0.4, -0.2) is 31.0 Å². The van der Waals surface area contributed by atoms with Crippen LogP contribution in [0.3, 0.4) is 0 Å². The van der Waals surface area contributed by atoms with Crippen LogP contribution < -0.4 is 10.4 Å². The van der Waals surface area contributed by atoms with E-state index in [0.29, 0.717) is 23.3 Å². The van der Waals surface area contributed by atoms with Crippen LogP contribution in [0.2, 0.25) is 0 Å². The Kier molecular flexibility index (Phi) is 4.04. The van der Waals surface area contributed by atoms with E-state index in [1.165, 1.54) is 10.1 Å². The predicted octanol–water partition coefficient (Wildman–Crippen LogP) is 3.42. The zero-order valence-corrected chi connectivity index (χ0v) is 16.7. The molecule has 3 heterocycles. The average molecular weight is 412 g/mol. The van der Waals surface area contributed by atoms with Crippen LogP contribution in [0.1, 0.15) is 30.1 Å². The Morgan fingerprint density at radius 1 is 1.03 bits per heavy atom. The summed E-state index contributed by atoms with van der Waals surface area (Å²) in [5.41, 5.74) is 5.20. The van der Waals surface area contributed by atoms with E-state index in [1.807, 2.05) is 36.4 Å². The summed E-state index contributed by atoms with van der Waals surface area (Å²) in [7, 11) is 0. The van der Waals surface area contributed by atoms with Crippen molar-refractivity contribution in [3.05, 3.63) is 82.5 Å². The van der Waals surface area contributed by atoms with Gasteiger partial charge in [-0.15, -0.1) is 0 Å². The number of fused-ring (bicyclic) bond motifs is 3. The first-order valence-electron chi connectivity index (χ1n) is 10.4. The molecule has 0 saturated heterocycles. The number of aromatic amines is 1. The molecule has 2 N–H and O–H groups in total. The second-order valence-electron chi connectivity index (χ2n) is 8.09. The number of nitrogens with zero attached hydrogens (tertiary/aromatic N) is 3. The molecule has 1 aliphatic carbocycles. The zero-order chi connectivity index (χ0) is 20.9. The molecule has 0 unspecified atom stereocenters. The molecule has 7 heteroatoms.